The number of carboxylic acids is 1. The van der Waals surface area contributed by atoms with E-state index in [-0.39, 0.29) is 0 Å². The molecule has 1 aliphatic rings. The Labute approximate surface area is 165 Å². The Morgan fingerprint density at radius 2 is 1.93 bits per heavy atom. The molecule has 28 heavy (non-hydrogen) atoms. The van der Waals surface area contributed by atoms with E-state index in [2.05, 4.69) is 21.9 Å². The predicted octanol–water partition coefficient (Wildman–Crippen LogP) is 3.55. The van der Waals surface area contributed by atoms with Crippen LogP contribution in [0.5, 0.6) is 0 Å². The number of aromatic carboxylic acids is 1. The molecule has 0 aliphatic carbocycles. The number of piperidine rings is 1. The number of hydrogen-bond donors (Lipinski definition) is 2. The van der Waals surface area contributed by atoms with Gasteiger partial charge in [0.15, 0.2) is 0 Å². The van der Waals surface area contributed by atoms with Gasteiger partial charge in [-0.3, -0.25) is 0 Å². The van der Waals surface area contributed by atoms with Gasteiger partial charge in [0.05, 0.1) is 0 Å². The zero-order valence-corrected chi connectivity index (χ0v) is 16.1. The summed E-state index contributed by atoms with van der Waals surface area (Å²) in [5.41, 5.74) is 4.51. The second-order valence-corrected chi connectivity index (χ2v) is 7.53. The molecule has 3 aromatic rings. The number of aromatic amines is 1. The minimum atomic E-state index is -0.900. The molecule has 0 unspecified atom stereocenters. The van der Waals surface area contributed by atoms with Crippen LogP contribution < -0.4 is 0 Å². The summed E-state index contributed by atoms with van der Waals surface area (Å²) in [6.45, 7) is 2.00. The van der Waals surface area contributed by atoms with E-state index in [1.807, 2.05) is 36.4 Å². The number of carboxylic acid groups (broad SMARTS) is 1. The third-order valence-electron chi connectivity index (χ3n) is 5.75. The van der Waals surface area contributed by atoms with Gasteiger partial charge in [0.2, 0.25) is 0 Å². The standard InChI is InChI=1S/C22H25BN2O3/c1-28-23-25-12-10-16(11-13-25)17-8-5-9-18-19(14-15-6-3-2-4-7-15)21(22(26)27)24-20(17)18/h2-9,16,23-24H,10-14H2,1H3,(H,26,27). The quantitative estimate of drug-likeness (QED) is 0.646. The summed E-state index contributed by atoms with van der Waals surface area (Å²) in [4.78, 5) is 17.5. The number of hydrogen-bond acceptors (Lipinski definition) is 3. The first-order valence-corrected chi connectivity index (χ1v) is 9.79. The van der Waals surface area contributed by atoms with Gasteiger partial charge in [0.25, 0.3) is 0 Å². The van der Waals surface area contributed by atoms with Crippen LogP contribution in [0.15, 0.2) is 48.5 Å². The van der Waals surface area contributed by atoms with Gasteiger partial charge in [-0.1, -0.05) is 48.5 Å². The van der Waals surface area contributed by atoms with Crippen molar-refractivity contribution in [3.05, 3.63) is 70.9 Å². The molecule has 2 aromatic carbocycles. The van der Waals surface area contributed by atoms with Gasteiger partial charge in [-0.05, 0) is 48.5 Å². The van der Waals surface area contributed by atoms with Gasteiger partial charge in [-0.15, -0.1) is 0 Å². The second-order valence-electron chi connectivity index (χ2n) is 7.53. The number of fused-ring (bicyclic) bond motifs is 1. The van der Waals surface area contributed by atoms with Crippen molar-refractivity contribution >= 4 is 24.5 Å². The molecule has 0 radical (unpaired) electrons. The van der Waals surface area contributed by atoms with Crippen molar-refractivity contribution in [1.82, 2.24) is 9.79 Å². The van der Waals surface area contributed by atoms with Gasteiger partial charge in [-0.2, -0.15) is 0 Å². The van der Waals surface area contributed by atoms with E-state index in [0.29, 0.717) is 25.6 Å². The lowest BCUT2D eigenvalue weighted by atomic mass is 9.86. The van der Waals surface area contributed by atoms with E-state index in [0.717, 1.165) is 48.0 Å². The van der Waals surface area contributed by atoms with Crippen molar-refractivity contribution in [1.29, 1.82) is 0 Å². The van der Waals surface area contributed by atoms with Crippen LogP contribution in [0, 0.1) is 0 Å². The van der Waals surface area contributed by atoms with Crippen LogP contribution in [0.25, 0.3) is 10.9 Å². The molecule has 1 aromatic heterocycles. The van der Waals surface area contributed by atoms with Crippen LogP contribution in [0.2, 0.25) is 0 Å². The lowest BCUT2D eigenvalue weighted by Crippen LogP contribution is -2.36. The van der Waals surface area contributed by atoms with Crippen LogP contribution in [0.1, 0.15) is 45.9 Å². The van der Waals surface area contributed by atoms with Gasteiger partial charge in [0, 0.05) is 24.4 Å². The molecule has 0 amide bonds. The van der Waals surface area contributed by atoms with Crippen LogP contribution in [-0.2, 0) is 11.1 Å². The van der Waals surface area contributed by atoms with E-state index in [9.17, 15) is 9.90 Å². The fraction of sp³-hybridized carbons (Fsp3) is 0.318. The summed E-state index contributed by atoms with van der Waals surface area (Å²) < 4.78 is 5.25. The van der Waals surface area contributed by atoms with Gasteiger partial charge in [-0.25, -0.2) is 4.79 Å². The van der Waals surface area contributed by atoms with Gasteiger partial charge in [0.1, 0.15) is 5.69 Å². The van der Waals surface area contributed by atoms with Crippen molar-refractivity contribution < 1.29 is 14.6 Å². The van der Waals surface area contributed by atoms with Gasteiger partial charge >= 0.3 is 13.6 Å². The minimum Gasteiger partial charge on any atom is -0.477 e. The fourth-order valence-electron chi connectivity index (χ4n) is 4.36. The van der Waals surface area contributed by atoms with Gasteiger partial charge < -0.3 is 19.6 Å². The summed E-state index contributed by atoms with van der Waals surface area (Å²) in [7, 11) is 2.40. The predicted molar refractivity (Wildman–Crippen MR) is 112 cm³/mol. The minimum absolute atomic E-state index is 0.308. The summed E-state index contributed by atoms with van der Waals surface area (Å²) in [5.74, 6) is -0.468. The van der Waals surface area contributed by atoms with Crippen molar-refractivity contribution in [2.45, 2.75) is 25.2 Å². The molecule has 4 rings (SSSR count). The Morgan fingerprint density at radius 1 is 1.18 bits per heavy atom. The maximum absolute atomic E-state index is 11.9. The number of nitrogens with zero attached hydrogens (tertiary/aromatic N) is 1. The van der Waals surface area contributed by atoms with Crippen molar-refractivity contribution in [3.8, 4) is 0 Å². The van der Waals surface area contributed by atoms with Crippen LogP contribution >= 0.6 is 0 Å². The number of benzene rings is 2. The first kappa shape index (κ1) is 18.8. The molecule has 144 valence electrons. The molecule has 2 heterocycles. The van der Waals surface area contributed by atoms with Crippen molar-refractivity contribution in [2.75, 3.05) is 20.2 Å². The Hall–Kier alpha value is -2.57. The third kappa shape index (κ3) is 3.70. The molecule has 6 heteroatoms. The number of para-hydroxylation sites is 1. The molecule has 5 nitrogen and oxygen atoms in total. The number of H-pyrrole nitrogens is 1. The number of aromatic nitrogens is 1. The zero-order chi connectivity index (χ0) is 19.5. The Kier molecular flexibility index (Phi) is 5.51. The number of nitrogens with one attached hydrogen (secondary N) is 1. The summed E-state index contributed by atoms with van der Waals surface area (Å²) >= 11 is 0. The zero-order valence-electron chi connectivity index (χ0n) is 16.1. The average molecular weight is 376 g/mol. The molecule has 0 atom stereocenters. The lowest BCUT2D eigenvalue weighted by molar-refractivity contribution is 0.0690. The molecule has 1 aliphatic heterocycles. The highest BCUT2D eigenvalue weighted by atomic mass is 16.4. The third-order valence-corrected chi connectivity index (χ3v) is 5.75. The maximum atomic E-state index is 11.9. The topological polar surface area (TPSA) is 65.6 Å². The van der Waals surface area contributed by atoms with Crippen molar-refractivity contribution in [3.63, 3.8) is 0 Å². The first-order valence-electron chi connectivity index (χ1n) is 9.79. The molecular weight excluding hydrogens is 351 g/mol. The largest absolute Gasteiger partial charge is 0.477 e. The first-order chi connectivity index (χ1) is 13.7. The molecule has 1 fully saturated rings. The Morgan fingerprint density at radius 3 is 2.61 bits per heavy atom. The molecule has 2 N–H and O–H groups in total. The Bertz CT molecular complexity index is 963. The highest BCUT2D eigenvalue weighted by molar-refractivity contribution is 6.23. The summed E-state index contributed by atoms with van der Waals surface area (Å²) in [5, 5.41) is 10.8. The lowest BCUT2D eigenvalue weighted by Gasteiger charge is -2.31. The highest BCUT2D eigenvalue weighted by Crippen LogP contribution is 2.35. The maximum Gasteiger partial charge on any atom is 0.363 e. The normalized spacial score (nSPS) is 15.8. The van der Waals surface area contributed by atoms with Crippen LogP contribution in [0.4, 0.5) is 0 Å². The average Bonchev–Trinajstić information content (AvgIpc) is 3.09. The monoisotopic (exact) mass is 376 g/mol. The molecule has 1 saturated heterocycles. The van der Waals surface area contributed by atoms with E-state index < -0.39 is 5.97 Å². The molecule has 0 spiro atoms. The van der Waals surface area contributed by atoms with Crippen LogP contribution in [0.3, 0.4) is 0 Å². The summed E-state index contributed by atoms with van der Waals surface area (Å²) in [6.07, 6.45) is 2.72. The highest BCUT2D eigenvalue weighted by Gasteiger charge is 2.25. The van der Waals surface area contributed by atoms with Crippen LogP contribution in [-0.4, -0.2) is 48.7 Å². The molecule has 0 saturated carbocycles. The van der Waals surface area contributed by atoms with E-state index >= 15 is 0 Å². The number of carbonyl (C=O) groups is 1. The van der Waals surface area contributed by atoms with Crippen molar-refractivity contribution in [2.24, 2.45) is 0 Å². The summed E-state index contributed by atoms with van der Waals surface area (Å²) in [6, 6.07) is 16.3. The second kappa shape index (κ2) is 8.21. The van der Waals surface area contributed by atoms with E-state index in [1.54, 1.807) is 7.11 Å². The number of rotatable bonds is 6. The Balaban J connectivity index is 1.70. The molecule has 0 bridgehead atoms. The van der Waals surface area contributed by atoms with E-state index in [1.165, 1.54) is 5.56 Å². The fourth-order valence-corrected chi connectivity index (χ4v) is 4.36. The molecular formula is C22H25BN2O3. The SMILES string of the molecule is COBN1CCC(c2cccc3c(Cc4ccccc4)c(C(=O)O)[nH]c23)CC1. The smallest absolute Gasteiger partial charge is 0.363 e. The van der Waals surface area contributed by atoms with E-state index in [4.69, 9.17) is 4.65 Å².